The number of hydrogen-bond acceptors (Lipinski definition) is 5. The number of nitrogens with one attached hydrogen (secondary N) is 1. The van der Waals surface area contributed by atoms with Crippen LogP contribution in [0, 0.1) is 11.8 Å². The highest BCUT2D eigenvalue weighted by Gasteiger charge is 2.36. The molecule has 188 valence electrons. The van der Waals surface area contributed by atoms with E-state index in [1.54, 1.807) is 43.5 Å². The molecular weight excluding hydrogens is 466 g/mol. The largest absolute Gasteiger partial charge is 0.496 e. The molecule has 2 aliphatic heterocycles. The van der Waals surface area contributed by atoms with Crippen molar-refractivity contribution in [2.75, 3.05) is 45.7 Å². The summed E-state index contributed by atoms with van der Waals surface area (Å²) in [5, 5.41) is 3.25. The quantitative estimate of drug-likeness (QED) is 0.590. The average Bonchev–Trinajstić information content (AvgIpc) is 2.89. The first-order valence-corrected chi connectivity index (χ1v) is 12.7. The number of carbonyl (C=O) groups excluding carboxylic acids is 2. The number of ether oxygens (including phenoxy) is 2. The Labute approximate surface area is 212 Å². The van der Waals surface area contributed by atoms with Crippen molar-refractivity contribution in [1.29, 1.82) is 0 Å². The van der Waals surface area contributed by atoms with Gasteiger partial charge in [-0.3, -0.25) is 10.1 Å². The van der Waals surface area contributed by atoms with Gasteiger partial charge >= 0.3 is 6.09 Å². The van der Waals surface area contributed by atoms with Crippen LogP contribution in [0.5, 0.6) is 5.75 Å². The Morgan fingerprint density at radius 1 is 0.943 bits per heavy atom. The number of amides is 2. The molecule has 0 bridgehead atoms. The summed E-state index contributed by atoms with van der Waals surface area (Å²) in [4.78, 5) is 30.7. The molecule has 0 saturated carbocycles. The first-order valence-electron chi connectivity index (χ1n) is 12.3. The summed E-state index contributed by atoms with van der Waals surface area (Å²) in [6.07, 6.45) is 2.61. The van der Waals surface area contributed by atoms with Crippen molar-refractivity contribution in [2.45, 2.75) is 31.8 Å². The second kappa shape index (κ2) is 11.8. The SMILES string of the molecule is COc1ccccc1[C@@H](OC(=O)Nc1ccc(Cl)cc1)C(=O)N1CCC(C2CCN(C)CC2)CC1. The molecule has 0 radical (unpaired) electrons. The fourth-order valence-corrected chi connectivity index (χ4v) is 5.30. The predicted octanol–water partition coefficient (Wildman–Crippen LogP) is 5.22. The molecule has 2 aliphatic rings. The molecule has 1 atom stereocenters. The van der Waals surface area contributed by atoms with Crippen molar-refractivity contribution in [2.24, 2.45) is 11.8 Å². The predicted molar refractivity (Wildman–Crippen MR) is 137 cm³/mol. The molecule has 8 heteroatoms. The van der Waals surface area contributed by atoms with Crippen LogP contribution in [0.4, 0.5) is 10.5 Å². The smallest absolute Gasteiger partial charge is 0.412 e. The lowest BCUT2D eigenvalue weighted by atomic mass is 9.79. The van der Waals surface area contributed by atoms with E-state index in [1.807, 2.05) is 17.0 Å². The zero-order chi connectivity index (χ0) is 24.8. The first-order chi connectivity index (χ1) is 16.9. The van der Waals surface area contributed by atoms with Crippen LogP contribution >= 0.6 is 11.6 Å². The Morgan fingerprint density at radius 3 is 2.17 bits per heavy atom. The third-order valence-corrected chi connectivity index (χ3v) is 7.49. The highest BCUT2D eigenvalue weighted by Crippen LogP contribution is 2.35. The van der Waals surface area contributed by atoms with Crippen LogP contribution < -0.4 is 10.1 Å². The number of methoxy groups -OCH3 is 1. The molecule has 0 aliphatic carbocycles. The first kappa shape index (κ1) is 25.3. The minimum Gasteiger partial charge on any atom is -0.496 e. The average molecular weight is 500 g/mol. The maximum absolute atomic E-state index is 13.7. The Hall–Kier alpha value is -2.77. The number of hydrogen-bond donors (Lipinski definition) is 1. The van der Waals surface area contributed by atoms with Gasteiger partial charge in [0, 0.05) is 29.4 Å². The van der Waals surface area contributed by atoms with Gasteiger partial charge < -0.3 is 19.3 Å². The maximum atomic E-state index is 13.7. The number of nitrogens with zero attached hydrogens (tertiary/aromatic N) is 2. The molecule has 2 aromatic carbocycles. The molecule has 35 heavy (non-hydrogen) atoms. The summed E-state index contributed by atoms with van der Waals surface area (Å²) in [6.45, 7) is 3.64. The molecular formula is C27H34ClN3O4. The van der Waals surface area contributed by atoms with E-state index in [1.165, 1.54) is 12.8 Å². The number of carbonyl (C=O) groups is 2. The topological polar surface area (TPSA) is 71.1 Å². The standard InChI is InChI=1S/C27H34ClN3O4/c1-30-15-11-19(12-16-30)20-13-17-31(18-14-20)26(32)25(23-5-3-4-6-24(23)34-2)35-27(33)29-22-9-7-21(28)8-10-22/h3-10,19-20,25H,11-18H2,1-2H3,(H,29,33)/t25-/m1/s1. The van der Waals surface area contributed by atoms with E-state index in [-0.39, 0.29) is 5.91 Å². The lowest BCUT2D eigenvalue weighted by Crippen LogP contribution is -2.44. The zero-order valence-corrected chi connectivity index (χ0v) is 21.2. The van der Waals surface area contributed by atoms with Crippen LogP contribution in [0.1, 0.15) is 37.4 Å². The molecule has 0 unspecified atom stereocenters. The van der Waals surface area contributed by atoms with Crippen molar-refractivity contribution in [3.8, 4) is 5.75 Å². The highest BCUT2D eigenvalue weighted by molar-refractivity contribution is 6.30. The molecule has 0 spiro atoms. The van der Waals surface area contributed by atoms with Crippen LogP contribution in [0.3, 0.4) is 0 Å². The van der Waals surface area contributed by atoms with E-state index in [0.29, 0.717) is 41.0 Å². The van der Waals surface area contributed by atoms with Crippen molar-refractivity contribution >= 4 is 29.3 Å². The van der Waals surface area contributed by atoms with Crippen molar-refractivity contribution < 1.29 is 19.1 Å². The molecule has 2 heterocycles. The zero-order valence-electron chi connectivity index (χ0n) is 20.4. The van der Waals surface area contributed by atoms with E-state index in [2.05, 4.69) is 17.3 Å². The van der Waals surface area contributed by atoms with Gasteiger partial charge in [0.25, 0.3) is 5.91 Å². The molecule has 2 aromatic rings. The molecule has 2 saturated heterocycles. The summed E-state index contributed by atoms with van der Waals surface area (Å²) >= 11 is 5.93. The van der Waals surface area contributed by atoms with Crippen LogP contribution in [0.2, 0.25) is 5.02 Å². The number of likely N-dealkylation sites (tertiary alicyclic amines) is 2. The fourth-order valence-electron chi connectivity index (χ4n) is 5.17. The van der Waals surface area contributed by atoms with Gasteiger partial charge in [0.1, 0.15) is 5.75 Å². The number of anilines is 1. The third kappa shape index (κ3) is 6.47. The summed E-state index contributed by atoms with van der Waals surface area (Å²) in [7, 11) is 3.72. The summed E-state index contributed by atoms with van der Waals surface area (Å²) in [5.41, 5.74) is 1.06. The minimum atomic E-state index is -1.10. The van der Waals surface area contributed by atoms with Gasteiger partial charge in [-0.05, 0) is 88.0 Å². The van der Waals surface area contributed by atoms with Gasteiger partial charge in [0.15, 0.2) is 0 Å². The van der Waals surface area contributed by atoms with Gasteiger partial charge in [0.2, 0.25) is 6.10 Å². The molecule has 1 N–H and O–H groups in total. The Morgan fingerprint density at radius 2 is 1.54 bits per heavy atom. The lowest BCUT2D eigenvalue weighted by Gasteiger charge is -2.40. The molecule has 2 fully saturated rings. The number of para-hydroxylation sites is 1. The monoisotopic (exact) mass is 499 g/mol. The molecule has 4 rings (SSSR count). The minimum absolute atomic E-state index is 0.220. The van der Waals surface area contributed by atoms with Crippen molar-refractivity contribution in [3.63, 3.8) is 0 Å². The van der Waals surface area contributed by atoms with Crippen LogP contribution in [-0.2, 0) is 9.53 Å². The lowest BCUT2D eigenvalue weighted by molar-refractivity contribution is -0.142. The van der Waals surface area contributed by atoms with Crippen LogP contribution in [-0.4, -0.2) is 62.1 Å². The summed E-state index contributed by atoms with van der Waals surface area (Å²) in [6, 6.07) is 13.9. The van der Waals surface area contributed by atoms with Crippen molar-refractivity contribution in [1.82, 2.24) is 9.80 Å². The highest BCUT2D eigenvalue weighted by atomic mass is 35.5. The molecule has 7 nitrogen and oxygen atoms in total. The third-order valence-electron chi connectivity index (χ3n) is 7.24. The van der Waals surface area contributed by atoms with Gasteiger partial charge in [-0.25, -0.2) is 4.79 Å². The van der Waals surface area contributed by atoms with Gasteiger partial charge in [-0.1, -0.05) is 29.8 Å². The maximum Gasteiger partial charge on any atom is 0.412 e. The van der Waals surface area contributed by atoms with Gasteiger partial charge in [-0.15, -0.1) is 0 Å². The van der Waals surface area contributed by atoms with Crippen LogP contribution in [0.25, 0.3) is 0 Å². The number of benzene rings is 2. The van der Waals surface area contributed by atoms with E-state index in [4.69, 9.17) is 21.1 Å². The summed E-state index contributed by atoms with van der Waals surface area (Å²) in [5.74, 6) is 1.66. The van der Waals surface area contributed by atoms with Gasteiger partial charge in [-0.2, -0.15) is 0 Å². The number of piperidine rings is 2. The van der Waals surface area contributed by atoms with Crippen LogP contribution in [0.15, 0.2) is 48.5 Å². The molecule has 2 amide bonds. The Kier molecular flexibility index (Phi) is 8.52. The van der Waals surface area contributed by atoms with E-state index >= 15 is 0 Å². The fraction of sp³-hybridized carbons (Fsp3) is 0.481. The van der Waals surface area contributed by atoms with E-state index < -0.39 is 12.2 Å². The van der Waals surface area contributed by atoms with Gasteiger partial charge in [0.05, 0.1) is 7.11 Å². The second-order valence-corrected chi connectivity index (χ2v) is 9.90. The Balaban J connectivity index is 1.45. The van der Waals surface area contributed by atoms with Crippen molar-refractivity contribution in [3.05, 3.63) is 59.1 Å². The van der Waals surface area contributed by atoms with E-state index in [9.17, 15) is 9.59 Å². The summed E-state index contributed by atoms with van der Waals surface area (Å²) < 4.78 is 11.2. The number of rotatable bonds is 6. The van der Waals surface area contributed by atoms with E-state index in [0.717, 1.165) is 31.8 Å². The second-order valence-electron chi connectivity index (χ2n) is 9.46. The molecule has 0 aromatic heterocycles. The number of halogens is 1. The Bertz CT molecular complexity index is 1000. The normalized spacial score (nSPS) is 18.7.